The van der Waals surface area contributed by atoms with Gasteiger partial charge in [-0.1, -0.05) is 24.6 Å². The number of carbonyl (C=O) groups is 3. The van der Waals surface area contributed by atoms with Crippen molar-refractivity contribution in [3.8, 4) is 5.75 Å². The van der Waals surface area contributed by atoms with Crippen LogP contribution in [0.4, 0.5) is 0 Å². The third-order valence-corrected chi connectivity index (χ3v) is 8.77. The number of imide groups is 1. The maximum absolute atomic E-state index is 13.6. The molecule has 4 N–H and O–H groups in total. The van der Waals surface area contributed by atoms with Crippen LogP contribution in [0.2, 0.25) is 6.32 Å². The molecular formula is C32H37BN2O8. The number of pyridine rings is 1. The fourth-order valence-corrected chi connectivity index (χ4v) is 6.80. The standard InChI is InChI=1S/C32H37BN2O8/c36-19-22-17-24-30(32(41)35(31(24)40)15-5-1-2-7-28(38)39)25-18-33(42)43-27(29(22)25)13-10-21(26-6-3-4-14-34-26)16-20-8-11-23(37)12-9-20/h3-4,6,8-9,11-12,14,16,24-25,27,30,36-37,42H,1-2,5,7,10,13,15,17-19H2,(H,38,39)/b21-16-/t24-,25+,27-,30-/m1/s1. The fraction of sp³-hybridized carbons (Fsp3) is 0.438. The van der Waals surface area contributed by atoms with E-state index in [0.29, 0.717) is 37.7 Å². The van der Waals surface area contributed by atoms with Crippen LogP contribution in [0.1, 0.15) is 56.2 Å². The Kier molecular flexibility index (Phi) is 9.74. The molecule has 226 valence electrons. The molecule has 2 saturated heterocycles. The molecule has 11 heteroatoms. The molecule has 2 aromatic rings. The van der Waals surface area contributed by atoms with Crippen molar-refractivity contribution in [2.75, 3.05) is 13.2 Å². The molecule has 0 bridgehead atoms. The molecule has 1 aliphatic carbocycles. The normalized spacial score (nSPS) is 23.9. The number of nitrogens with zero attached hydrogens (tertiary/aromatic N) is 2. The quantitative estimate of drug-likeness (QED) is 0.126. The van der Waals surface area contributed by atoms with Gasteiger partial charge in [-0.25, -0.2) is 0 Å². The first-order valence-electron chi connectivity index (χ1n) is 14.9. The second-order valence-corrected chi connectivity index (χ2v) is 11.5. The molecule has 2 fully saturated rings. The van der Waals surface area contributed by atoms with E-state index < -0.39 is 36.9 Å². The number of benzene rings is 1. The Hall–Kier alpha value is -3.80. The lowest BCUT2D eigenvalue weighted by Crippen LogP contribution is -2.46. The number of phenols is 1. The van der Waals surface area contributed by atoms with Crippen LogP contribution in [0.15, 0.2) is 59.8 Å². The third-order valence-electron chi connectivity index (χ3n) is 8.77. The van der Waals surface area contributed by atoms with Crippen molar-refractivity contribution in [2.24, 2.45) is 17.8 Å². The average molecular weight is 588 g/mol. The van der Waals surface area contributed by atoms with Gasteiger partial charge < -0.3 is 25.0 Å². The van der Waals surface area contributed by atoms with Crippen LogP contribution in [0, 0.1) is 17.8 Å². The van der Waals surface area contributed by atoms with Crippen molar-refractivity contribution in [3.05, 3.63) is 71.1 Å². The second-order valence-electron chi connectivity index (χ2n) is 11.5. The van der Waals surface area contributed by atoms with E-state index in [2.05, 4.69) is 4.98 Å². The van der Waals surface area contributed by atoms with E-state index in [1.54, 1.807) is 18.3 Å². The zero-order valence-electron chi connectivity index (χ0n) is 24.0. The Balaban J connectivity index is 1.36. The molecular weight excluding hydrogens is 551 g/mol. The summed E-state index contributed by atoms with van der Waals surface area (Å²) in [6, 6.07) is 12.5. The highest BCUT2D eigenvalue weighted by Crippen LogP contribution is 2.50. The highest BCUT2D eigenvalue weighted by Gasteiger charge is 2.57. The van der Waals surface area contributed by atoms with Crippen molar-refractivity contribution in [3.63, 3.8) is 0 Å². The molecule has 1 aromatic carbocycles. The summed E-state index contributed by atoms with van der Waals surface area (Å²) in [5, 5.41) is 39.7. The maximum Gasteiger partial charge on any atom is 0.455 e. The van der Waals surface area contributed by atoms with Gasteiger partial charge in [-0.3, -0.25) is 24.3 Å². The van der Waals surface area contributed by atoms with Gasteiger partial charge in [-0.15, -0.1) is 0 Å². The molecule has 2 amide bonds. The number of hydrogen-bond donors (Lipinski definition) is 4. The number of carboxylic acids is 1. The molecule has 0 unspecified atom stereocenters. The third kappa shape index (κ3) is 6.90. The first kappa shape index (κ1) is 30.7. The van der Waals surface area contributed by atoms with Crippen molar-refractivity contribution in [1.82, 2.24) is 9.88 Å². The van der Waals surface area contributed by atoms with Gasteiger partial charge in [-0.05, 0) is 97.0 Å². The number of allylic oxidation sites excluding steroid dienone is 1. The number of aromatic nitrogens is 1. The molecule has 1 aromatic heterocycles. The van der Waals surface area contributed by atoms with Crippen LogP contribution in [-0.2, 0) is 19.0 Å². The number of fused-ring (bicyclic) bond motifs is 3. The van der Waals surface area contributed by atoms with Crippen LogP contribution in [0.3, 0.4) is 0 Å². The van der Waals surface area contributed by atoms with Crippen molar-refractivity contribution < 1.29 is 39.4 Å². The lowest BCUT2D eigenvalue weighted by atomic mass is 9.58. The Bertz CT molecular complexity index is 1390. The molecule has 3 heterocycles. The van der Waals surface area contributed by atoms with Crippen LogP contribution in [0.5, 0.6) is 5.75 Å². The van der Waals surface area contributed by atoms with E-state index in [1.165, 1.54) is 4.90 Å². The summed E-state index contributed by atoms with van der Waals surface area (Å²) in [6.07, 6.45) is 6.21. The van der Waals surface area contributed by atoms with E-state index in [-0.39, 0.29) is 49.9 Å². The molecule has 0 saturated carbocycles. The summed E-state index contributed by atoms with van der Waals surface area (Å²) in [6.45, 7) is -0.0309. The highest BCUT2D eigenvalue weighted by atomic mass is 16.5. The number of unbranched alkanes of at least 4 members (excludes halogenated alkanes) is 2. The van der Waals surface area contributed by atoms with Gasteiger partial charge in [-0.2, -0.15) is 0 Å². The average Bonchev–Trinajstić information content (AvgIpc) is 3.24. The maximum atomic E-state index is 13.6. The van der Waals surface area contributed by atoms with Crippen molar-refractivity contribution >= 4 is 36.6 Å². The second kappa shape index (κ2) is 13.7. The predicted molar refractivity (Wildman–Crippen MR) is 159 cm³/mol. The number of likely N-dealkylation sites (tertiary alicyclic amines) is 1. The van der Waals surface area contributed by atoms with E-state index in [4.69, 9.17) is 9.76 Å². The van der Waals surface area contributed by atoms with Crippen LogP contribution >= 0.6 is 0 Å². The number of aromatic hydroxyl groups is 1. The zero-order valence-corrected chi connectivity index (χ0v) is 24.0. The van der Waals surface area contributed by atoms with E-state index in [0.717, 1.165) is 22.4 Å². The number of rotatable bonds is 12. The van der Waals surface area contributed by atoms with E-state index in [1.807, 2.05) is 36.4 Å². The fourth-order valence-electron chi connectivity index (χ4n) is 6.80. The molecule has 5 rings (SSSR count). The Morgan fingerprint density at radius 3 is 2.53 bits per heavy atom. The highest BCUT2D eigenvalue weighted by molar-refractivity contribution is 6.43. The Morgan fingerprint density at radius 1 is 1.05 bits per heavy atom. The van der Waals surface area contributed by atoms with Gasteiger partial charge in [0.2, 0.25) is 11.8 Å². The largest absolute Gasteiger partial charge is 0.508 e. The smallest absolute Gasteiger partial charge is 0.455 e. The van der Waals surface area contributed by atoms with Gasteiger partial charge in [0.1, 0.15) is 5.75 Å². The number of hydrogen-bond acceptors (Lipinski definition) is 8. The lowest BCUT2D eigenvalue weighted by molar-refractivity contribution is -0.141. The summed E-state index contributed by atoms with van der Waals surface area (Å²) in [4.78, 5) is 43.6. The van der Waals surface area contributed by atoms with Crippen LogP contribution < -0.4 is 0 Å². The minimum atomic E-state index is -1.12. The first-order valence-corrected chi connectivity index (χ1v) is 14.9. The number of aliphatic hydroxyl groups excluding tert-OH is 1. The summed E-state index contributed by atoms with van der Waals surface area (Å²) >= 11 is 0. The number of aliphatic hydroxyl groups is 1. The molecule has 0 radical (unpaired) electrons. The van der Waals surface area contributed by atoms with Gasteiger partial charge in [0.15, 0.2) is 0 Å². The molecule has 43 heavy (non-hydrogen) atoms. The van der Waals surface area contributed by atoms with Crippen molar-refractivity contribution in [1.29, 1.82) is 0 Å². The van der Waals surface area contributed by atoms with Gasteiger partial charge in [0.25, 0.3) is 0 Å². The van der Waals surface area contributed by atoms with Gasteiger partial charge in [0, 0.05) is 19.2 Å². The van der Waals surface area contributed by atoms with Crippen LogP contribution in [0.25, 0.3) is 11.6 Å². The van der Waals surface area contributed by atoms with Gasteiger partial charge >= 0.3 is 13.1 Å². The summed E-state index contributed by atoms with van der Waals surface area (Å²) in [5.41, 5.74) is 4.08. The number of carbonyl (C=O) groups excluding carboxylic acids is 2. The Morgan fingerprint density at radius 2 is 1.84 bits per heavy atom. The lowest BCUT2D eigenvalue weighted by Gasteiger charge is -2.43. The molecule has 4 atom stereocenters. The number of phenolic OH excluding ortho intramolecular Hbond substituents is 1. The van der Waals surface area contributed by atoms with Crippen LogP contribution in [-0.4, -0.2) is 74.4 Å². The minimum absolute atomic E-state index is 0.0494. The number of carboxylic acid groups (broad SMARTS) is 1. The molecule has 3 aliphatic rings. The van der Waals surface area contributed by atoms with E-state index in [9.17, 15) is 29.6 Å². The Labute approximate surface area is 250 Å². The first-order chi connectivity index (χ1) is 20.8. The predicted octanol–water partition coefficient (Wildman–Crippen LogP) is 3.54. The number of aliphatic carboxylic acids is 1. The number of amides is 2. The minimum Gasteiger partial charge on any atom is -0.508 e. The van der Waals surface area contributed by atoms with Gasteiger partial charge in [0.05, 0.1) is 30.2 Å². The molecule has 0 spiro atoms. The van der Waals surface area contributed by atoms with E-state index >= 15 is 0 Å². The monoisotopic (exact) mass is 588 g/mol. The summed E-state index contributed by atoms with van der Waals surface area (Å²) in [5.74, 6) is -2.87. The zero-order chi connectivity index (χ0) is 30.5. The van der Waals surface area contributed by atoms with Crippen molar-refractivity contribution in [2.45, 2.75) is 57.4 Å². The SMILES string of the molecule is O=C(O)CCCCCN1C(=O)[C@@H]2[C@@H](CC(CO)=C3[C@@H](CC/C(=C/c4ccc(O)cc4)c4ccccn4)OB(O)C[C@@H]32)C1=O. The topological polar surface area (TPSA) is 157 Å². The summed E-state index contributed by atoms with van der Waals surface area (Å²) in [7, 11) is -1.12. The molecule has 10 nitrogen and oxygen atoms in total. The molecule has 2 aliphatic heterocycles. The summed E-state index contributed by atoms with van der Waals surface area (Å²) < 4.78 is 6.04.